The molecule has 0 aromatic carbocycles. The van der Waals surface area contributed by atoms with Crippen molar-refractivity contribution in [2.75, 3.05) is 19.8 Å². The number of nitrogens with one attached hydrogen (secondary N) is 1. The van der Waals surface area contributed by atoms with Gasteiger partial charge in [-0.1, -0.05) is 0 Å². The predicted molar refractivity (Wildman–Crippen MR) is 60.1 cm³/mol. The highest BCUT2D eigenvalue weighted by Crippen LogP contribution is 2.20. The van der Waals surface area contributed by atoms with E-state index in [-0.39, 0.29) is 6.04 Å². The highest BCUT2D eigenvalue weighted by atomic mass is 32.1. The Hall–Kier alpha value is -0.590. The first-order valence-electron chi connectivity index (χ1n) is 5.10. The van der Waals surface area contributed by atoms with Gasteiger partial charge < -0.3 is 10.1 Å². The maximum atomic E-state index is 11.7. The second-order valence-electron chi connectivity index (χ2n) is 3.44. The molecule has 1 aromatic heterocycles. The lowest BCUT2D eigenvalue weighted by molar-refractivity contribution is 0.0183. The van der Waals surface area contributed by atoms with E-state index in [0.29, 0.717) is 13.2 Å². The zero-order valence-electron chi connectivity index (χ0n) is 9.37. The van der Waals surface area contributed by atoms with E-state index in [2.05, 4.69) is 10.3 Å². The van der Waals surface area contributed by atoms with Crippen LogP contribution >= 0.6 is 11.3 Å². The Balaban J connectivity index is 2.16. The van der Waals surface area contributed by atoms with Crippen LogP contribution in [0.25, 0.3) is 0 Å². The van der Waals surface area contributed by atoms with E-state index in [1.165, 1.54) is 4.88 Å². The fourth-order valence-corrected chi connectivity index (χ4v) is 2.17. The van der Waals surface area contributed by atoms with Gasteiger partial charge in [-0.3, -0.25) is 0 Å². The standard InChI is InChI=1S/C10H16F2N2OS/c1-7(10-8(2)14-6-16-10)13-3-4-15-5-9(11)12/h6-7,9,13H,3-5H2,1-2H3. The molecule has 1 rings (SSSR count). The van der Waals surface area contributed by atoms with Gasteiger partial charge >= 0.3 is 0 Å². The molecule has 0 aliphatic carbocycles. The molecule has 0 saturated heterocycles. The maximum Gasteiger partial charge on any atom is 0.261 e. The molecule has 0 bridgehead atoms. The smallest absolute Gasteiger partial charge is 0.261 e. The van der Waals surface area contributed by atoms with Gasteiger partial charge in [0.25, 0.3) is 6.43 Å². The number of aryl methyl sites for hydroxylation is 1. The molecule has 0 spiro atoms. The van der Waals surface area contributed by atoms with Crippen LogP contribution in [0, 0.1) is 6.92 Å². The van der Waals surface area contributed by atoms with Crippen LogP contribution in [0.5, 0.6) is 0 Å². The fourth-order valence-electron chi connectivity index (χ4n) is 1.34. The van der Waals surface area contributed by atoms with Gasteiger partial charge in [-0.25, -0.2) is 13.8 Å². The van der Waals surface area contributed by atoms with E-state index in [0.717, 1.165) is 5.69 Å². The molecule has 3 nitrogen and oxygen atoms in total. The Morgan fingerprint density at radius 1 is 1.56 bits per heavy atom. The molecule has 0 saturated carbocycles. The van der Waals surface area contributed by atoms with Crippen LogP contribution in [0.2, 0.25) is 0 Å². The summed E-state index contributed by atoms with van der Waals surface area (Å²) in [6.07, 6.45) is -2.39. The number of hydrogen-bond donors (Lipinski definition) is 1. The Labute approximate surface area is 97.8 Å². The van der Waals surface area contributed by atoms with Gasteiger partial charge in [0.15, 0.2) is 0 Å². The molecular weight excluding hydrogens is 234 g/mol. The number of aromatic nitrogens is 1. The number of ether oxygens (including phenoxy) is 1. The van der Waals surface area contributed by atoms with Crippen molar-refractivity contribution in [3.63, 3.8) is 0 Å². The molecule has 6 heteroatoms. The van der Waals surface area contributed by atoms with Crippen LogP contribution in [0.1, 0.15) is 23.5 Å². The third-order valence-corrected chi connectivity index (χ3v) is 3.23. The van der Waals surface area contributed by atoms with Crippen molar-refractivity contribution in [1.29, 1.82) is 0 Å². The monoisotopic (exact) mass is 250 g/mol. The molecule has 0 aliphatic heterocycles. The summed E-state index contributed by atoms with van der Waals surface area (Å²) < 4.78 is 28.3. The van der Waals surface area contributed by atoms with Crippen LogP contribution in [-0.4, -0.2) is 31.2 Å². The molecule has 1 heterocycles. The topological polar surface area (TPSA) is 34.2 Å². The molecule has 0 fully saturated rings. The number of halogens is 2. The average molecular weight is 250 g/mol. The molecule has 0 aliphatic rings. The van der Waals surface area contributed by atoms with E-state index >= 15 is 0 Å². The molecule has 1 unspecified atom stereocenters. The number of rotatable bonds is 7. The highest BCUT2D eigenvalue weighted by Gasteiger charge is 2.09. The van der Waals surface area contributed by atoms with Crippen molar-refractivity contribution in [3.05, 3.63) is 16.1 Å². The Morgan fingerprint density at radius 3 is 2.88 bits per heavy atom. The summed E-state index contributed by atoms with van der Waals surface area (Å²) in [5.74, 6) is 0. The zero-order chi connectivity index (χ0) is 12.0. The van der Waals surface area contributed by atoms with Crippen molar-refractivity contribution >= 4 is 11.3 Å². The van der Waals surface area contributed by atoms with Gasteiger partial charge in [0.2, 0.25) is 0 Å². The van der Waals surface area contributed by atoms with Crippen molar-refractivity contribution in [2.24, 2.45) is 0 Å². The summed E-state index contributed by atoms with van der Waals surface area (Å²) in [6.45, 7) is 4.35. The van der Waals surface area contributed by atoms with Crippen molar-refractivity contribution in [1.82, 2.24) is 10.3 Å². The first-order chi connectivity index (χ1) is 7.61. The van der Waals surface area contributed by atoms with Crippen LogP contribution < -0.4 is 5.32 Å². The molecule has 1 aromatic rings. The van der Waals surface area contributed by atoms with E-state index in [1.807, 2.05) is 13.8 Å². The minimum Gasteiger partial charge on any atom is -0.374 e. The highest BCUT2D eigenvalue weighted by molar-refractivity contribution is 7.09. The van der Waals surface area contributed by atoms with Gasteiger partial charge in [0.05, 0.1) is 17.8 Å². The molecule has 16 heavy (non-hydrogen) atoms. The van der Waals surface area contributed by atoms with E-state index in [9.17, 15) is 8.78 Å². The third-order valence-electron chi connectivity index (χ3n) is 2.12. The lowest BCUT2D eigenvalue weighted by Gasteiger charge is -2.12. The summed E-state index contributed by atoms with van der Waals surface area (Å²) in [5.41, 5.74) is 2.81. The zero-order valence-corrected chi connectivity index (χ0v) is 10.2. The minimum absolute atomic E-state index is 0.183. The normalized spacial score (nSPS) is 13.3. The minimum atomic E-state index is -2.39. The van der Waals surface area contributed by atoms with Crippen molar-refractivity contribution in [2.45, 2.75) is 26.3 Å². The first-order valence-corrected chi connectivity index (χ1v) is 5.98. The Kier molecular flexibility index (Phi) is 5.79. The number of alkyl halides is 2. The van der Waals surface area contributed by atoms with Gasteiger partial charge in [0.1, 0.15) is 6.61 Å². The second-order valence-corrected chi connectivity index (χ2v) is 4.33. The fraction of sp³-hybridized carbons (Fsp3) is 0.700. The molecule has 92 valence electrons. The van der Waals surface area contributed by atoms with Gasteiger partial charge in [-0.2, -0.15) is 0 Å². The van der Waals surface area contributed by atoms with Crippen LogP contribution in [0.3, 0.4) is 0 Å². The van der Waals surface area contributed by atoms with E-state index < -0.39 is 13.0 Å². The third kappa shape index (κ3) is 4.51. The van der Waals surface area contributed by atoms with Crippen LogP contribution in [0.15, 0.2) is 5.51 Å². The van der Waals surface area contributed by atoms with Crippen molar-refractivity contribution < 1.29 is 13.5 Å². The Bertz CT molecular complexity index is 307. The van der Waals surface area contributed by atoms with Crippen LogP contribution in [0.4, 0.5) is 8.78 Å². The average Bonchev–Trinajstić information content (AvgIpc) is 2.63. The second kappa shape index (κ2) is 6.88. The summed E-state index contributed by atoms with van der Waals surface area (Å²) in [4.78, 5) is 5.33. The SMILES string of the molecule is Cc1ncsc1C(C)NCCOCC(F)F. The summed E-state index contributed by atoms with van der Waals surface area (Å²) in [5, 5.41) is 3.20. The molecule has 1 N–H and O–H groups in total. The first kappa shape index (κ1) is 13.5. The molecule has 0 radical (unpaired) electrons. The Morgan fingerprint density at radius 2 is 2.31 bits per heavy atom. The largest absolute Gasteiger partial charge is 0.374 e. The summed E-state index contributed by atoms with van der Waals surface area (Å²) in [6, 6.07) is 0.183. The van der Waals surface area contributed by atoms with Gasteiger partial charge in [-0.15, -0.1) is 11.3 Å². The number of hydrogen-bond acceptors (Lipinski definition) is 4. The van der Waals surface area contributed by atoms with Gasteiger partial charge in [-0.05, 0) is 13.8 Å². The molecule has 1 atom stereocenters. The van der Waals surface area contributed by atoms with E-state index in [4.69, 9.17) is 4.74 Å². The van der Waals surface area contributed by atoms with Crippen molar-refractivity contribution in [3.8, 4) is 0 Å². The lowest BCUT2D eigenvalue weighted by Crippen LogP contribution is -2.24. The number of nitrogens with zero attached hydrogens (tertiary/aromatic N) is 1. The number of thiazole rings is 1. The molecule has 0 amide bonds. The quantitative estimate of drug-likeness (QED) is 0.754. The predicted octanol–water partition coefficient (Wildman–Crippen LogP) is 2.38. The lowest BCUT2D eigenvalue weighted by atomic mass is 10.2. The van der Waals surface area contributed by atoms with Crippen LogP contribution in [-0.2, 0) is 4.74 Å². The maximum absolute atomic E-state index is 11.7. The van der Waals surface area contributed by atoms with E-state index in [1.54, 1.807) is 16.8 Å². The summed E-state index contributed by atoms with van der Waals surface area (Å²) >= 11 is 1.59. The van der Waals surface area contributed by atoms with Gasteiger partial charge in [0, 0.05) is 17.5 Å². The molecular formula is C10H16F2N2OS. The summed E-state index contributed by atoms with van der Waals surface area (Å²) in [7, 11) is 0.